The fourth-order valence-corrected chi connectivity index (χ4v) is 3.81. The molecule has 8 heteroatoms. The van der Waals surface area contributed by atoms with E-state index in [1.54, 1.807) is 18.5 Å². The standard InChI is InChI=1S/C22H17ClN6O/c23-15-3-1-2-12(4-15)8-27-22(30)17-6-13(5-14-9-28-29-21(14)17)18-10-25-19-11-26-20(24)7-16(18)19/h1-7,9-11,25H,8H2,(H2,24,26)(H,27,30)(H,28,29). The number of fused-ring (bicyclic) bond motifs is 2. The van der Waals surface area contributed by atoms with Crippen LogP contribution in [0.15, 0.2) is 61.1 Å². The van der Waals surface area contributed by atoms with Crippen LogP contribution >= 0.6 is 11.6 Å². The van der Waals surface area contributed by atoms with Crippen molar-refractivity contribution in [1.29, 1.82) is 0 Å². The van der Waals surface area contributed by atoms with Gasteiger partial charge in [0.1, 0.15) is 5.82 Å². The summed E-state index contributed by atoms with van der Waals surface area (Å²) in [6.07, 6.45) is 5.29. The van der Waals surface area contributed by atoms with Gasteiger partial charge in [-0.2, -0.15) is 5.10 Å². The quantitative estimate of drug-likeness (QED) is 0.350. The maximum atomic E-state index is 13.0. The molecule has 0 unspecified atom stereocenters. The second-order valence-electron chi connectivity index (χ2n) is 7.03. The number of carbonyl (C=O) groups is 1. The van der Waals surface area contributed by atoms with Gasteiger partial charge < -0.3 is 16.0 Å². The first-order valence-electron chi connectivity index (χ1n) is 9.31. The van der Waals surface area contributed by atoms with Gasteiger partial charge in [-0.1, -0.05) is 23.7 Å². The summed E-state index contributed by atoms with van der Waals surface area (Å²) >= 11 is 6.03. The number of hydrogen-bond acceptors (Lipinski definition) is 4. The number of aromatic amines is 2. The predicted octanol–water partition coefficient (Wildman–Crippen LogP) is 4.27. The molecular formula is C22H17ClN6O. The van der Waals surface area contributed by atoms with Gasteiger partial charge in [-0.25, -0.2) is 4.98 Å². The number of nitrogens with two attached hydrogens (primary N) is 1. The van der Waals surface area contributed by atoms with Crippen LogP contribution in [0.25, 0.3) is 32.9 Å². The van der Waals surface area contributed by atoms with E-state index in [1.807, 2.05) is 42.6 Å². The lowest BCUT2D eigenvalue weighted by atomic mass is 10.00. The van der Waals surface area contributed by atoms with Crippen LogP contribution in [0.2, 0.25) is 5.02 Å². The van der Waals surface area contributed by atoms with Crippen LogP contribution in [-0.2, 0) is 6.54 Å². The molecule has 0 bridgehead atoms. The number of amides is 1. The molecule has 7 nitrogen and oxygen atoms in total. The molecule has 5 N–H and O–H groups in total. The molecule has 0 radical (unpaired) electrons. The number of rotatable bonds is 4. The molecular weight excluding hydrogens is 400 g/mol. The largest absolute Gasteiger partial charge is 0.384 e. The summed E-state index contributed by atoms with van der Waals surface area (Å²) in [4.78, 5) is 20.3. The third-order valence-electron chi connectivity index (χ3n) is 5.03. The summed E-state index contributed by atoms with van der Waals surface area (Å²) in [7, 11) is 0. The maximum absolute atomic E-state index is 13.0. The lowest BCUT2D eigenvalue weighted by Crippen LogP contribution is -2.23. The van der Waals surface area contributed by atoms with Crippen molar-refractivity contribution in [1.82, 2.24) is 25.5 Å². The molecule has 0 saturated heterocycles. The van der Waals surface area contributed by atoms with E-state index < -0.39 is 0 Å². The summed E-state index contributed by atoms with van der Waals surface area (Å²) in [5.74, 6) is 0.235. The minimum atomic E-state index is -0.202. The highest BCUT2D eigenvalue weighted by Gasteiger charge is 2.16. The molecule has 2 aromatic carbocycles. The molecule has 0 spiro atoms. The van der Waals surface area contributed by atoms with Crippen molar-refractivity contribution in [3.63, 3.8) is 0 Å². The number of anilines is 1. The van der Waals surface area contributed by atoms with Crippen molar-refractivity contribution in [2.45, 2.75) is 6.54 Å². The molecule has 0 fully saturated rings. The normalized spacial score (nSPS) is 11.2. The van der Waals surface area contributed by atoms with E-state index in [-0.39, 0.29) is 5.91 Å². The molecule has 148 valence electrons. The number of nitrogens with zero attached hydrogens (tertiary/aromatic N) is 2. The van der Waals surface area contributed by atoms with Crippen LogP contribution in [0.3, 0.4) is 0 Å². The Labute approximate surface area is 176 Å². The lowest BCUT2D eigenvalue weighted by molar-refractivity contribution is 0.0952. The van der Waals surface area contributed by atoms with E-state index in [4.69, 9.17) is 17.3 Å². The van der Waals surface area contributed by atoms with Crippen molar-refractivity contribution in [2.75, 3.05) is 5.73 Å². The second kappa shape index (κ2) is 7.20. The summed E-state index contributed by atoms with van der Waals surface area (Å²) in [6, 6.07) is 13.1. The van der Waals surface area contributed by atoms with Gasteiger partial charge in [-0.3, -0.25) is 9.89 Å². The summed E-state index contributed by atoms with van der Waals surface area (Å²) in [5, 5.41) is 12.4. The van der Waals surface area contributed by atoms with E-state index in [0.717, 1.165) is 33.0 Å². The average Bonchev–Trinajstić information content (AvgIpc) is 3.37. The fraction of sp³-hybridized carbons (Fsp3) is 0.0455. The maximum Gasteiger partial charge on any atom is 0.253 e. The summed E-state index contributed by atoms with van der Waals surface area (Å²) in [6.45, 7) is 0.370. The van der Waals surface area contributed by atoms with Crippen molar-refractivity contribution in [3.8, 4) is 11.1 Å². The Bertz CT molecular complexity index is 1400. The first-order valence-corrected chi connectivity index (χ1v) is 9.69. The Morgan fingerprint density at radius 2 is 2.07 bits per heavy atom. The van der Waals surface area contributed by atoms with Gasteiger partial charge in [0.2, 0.25) is 0 Å². The van der Waals surface area contributed by atoms with Crippen LogP contribution in [-0.4, -0.2) is 26.1 Å². The van der Waals surface area contributed by atoms with Gasteiger partial charge >= 0.3 is 0 Å². The van der Waals surface area contributed by atoms with Gasteiger partial charge in [0.05, 0.1) is 29.0 Å². The Hall–Kier alpha value is -3.84. The number of carbonyl (C=O) groups excluding carboxylic acids is 1. The molecule has 0 aliphatic rings. The van der Waals surface area contributed by atoms with Crippen LogP contribution in [0.1, 0.15) is 15.9 Å². The van der Waals surface area contributed by atoms with Crippen molar-refractivity contribution >= 4 is 45.1 Å². The zero-order valence-corrected chi connectivity index (χ0v) is 16.5. The van der Waals surface area contributed by atoms with Crippen molar-refractivity contribution < 1.29 is 4.79 Å². The van der Waals surface area contributed by atoms with E-state index >= 15 is 0 Å². The molecule has 3 aromatic heterocycles. The number of hydrogen-bond donors (Lipinski definition) is 4. The van der Waals surface area contributed by atoms with Gasteiger partial charge in [0, 0.05) is 34.1 Å². The summed E-state index contributed by atoms with van der Waals surface area (Å²) in [5.41, 5.74) is 10.7. The Morgan fingerprint density at radius 1 is 1.17 bits per heavy atom. The van der Waals surface area contributed by atoms with Crippen molar-refractivity contribution in [3.05, 3.63) is 77.2 Å². The van der Waals surface area contributed by atoms with Gasteiger partial charge in [-0.05, 0) is 41.5 Å². The van der Waals surface area contributed by atoms with E-state index in [9.17, 15) is 4.79 Å². The van der Waals surface area contributed by atoms with Crippen LogP contribution < -0.4 is 11.1 Å². The molecule has 5 aromatic rings. The number of halogens is 1. The van der Waals surface area contributed by atoms with Crippen LogP contribution in [0.4, 0.5) is 5.82 Å². The zero-order chi connectivity index (χ0) is 20.7. The minimum absolute atomic E-state index is 0.202. The number of benzene rings is 2. The SMILES string of the molecule is Nc1cc2c(-c3cc(C(=O)NCc4cccc(Cl)c4)c4[nH]ncc4c3)c[nH]c2cn1. The highest BCUT2D eigenvalue weighted by molar-refractivity contribution is 6.30. The van der Waals surface area contributed by atoms with Crippen LogP contribution in [0, 0.1) is 0 Å². The molecule has 0 aliphatic carbocycles. The highest BCUT2D eigenvalue weighted by atomic mass is 35.5. The highest BCUT2D eigenvalue weighted by Crippen LogP contribution is 2.32. The zero-order valence-electron chi connectivity index (χ0n) is 15.7. The summed E-state index contributed by atoms with van der Waals surface area (Å²) < 4.78 is 0. The Balaban J connectivity index is 1.54. The smallest absolute Gasteiger partial charge is 0.253 e. The minimum Gasteiger partial charge on any atom is -0.384 e. The second-order valence-corrected chi connectivity index (χ2v) is 7.46. The van der Waals surface area contributed by atoms with E-state index in [0.29, 0.717) is 28.5 Å². The molecule has 0 atom stereocenters. The number of nitrogens with one attached hydrogen (secondary N) is 3. The predicted molar refractivity (Wildman–Crippen MR) is 118 cm³/mol. The number of aromatic nitrogens is 4. The molecule has 30 heavy (non-hydrogen) atoms. The monoisotopic (exact) mass is 416 g/mol. The van der Waals surface area contributed by atoms with E-state index in [2.05, 4.69) is 25.5 Å². The molecule has 3 heterocycles. The van der Waals surface area contributed by atoms with Gasteiger partial charge in [0.15, 0.2) is 0 Å². The third kappa shape index (κ3) is 3.25. The topological polar surface area (TPSA) is 112 Å². The van der Waals surface area contributed by atoms with Gasteiger partial charge in [0.25, 0.3) is 5.91 Å². The number of pyridine rings is 1. The molecule has 1 amide bonds. The van der Waals surface area contributed by atoms with E-state index in [1.165, 1.54) is 0 Å². The van der Waals surface area contributed by atoms with Gasteiger partial charge in [-0.15, -0.1) is 0 Å². The Morgan fingerprint density at radius 3 is 2.93 bits per heavy atom. The first kappa shape index (κ1) is 18.2. The number of nitrogen functional groups attached to an aromatic ring is 1. The average molecular weight is 417 g/mol. The van der Waals surface area contributed by atoms with Crippen molar-refractivity contribution in [2.24, 2.45) is 0 Å². The fourth-order valence-electron chi connectivity index (χ4n) is 3.59. The molecule has 5 rings (SSSR count). The first-order chi connectivity index (χ1) is 14.6. The molecule has 0 aliphatic heterocycles. The number of H-pyrrole nitrogens is 2. The third-order valence-corrected chi connectivity index (χ3v) is 5.27. The lowest BCUT2D eigenvalue weighted by Gasteiger charge is -2.09. The Kier molecular flexibility index (Phi) is 4.37. The molecule has 0 saturated carbocycles. The van der Waals surface area contributed by atoms with Crippen LogP contribution in [0.5, 0.6) is 0 Å².